The Hall–Kier alpha value is -3.28. The number of carbonyl (C=O) groups excluding carboxylic acids is 4. The second kappa shape index (κ2) is 9.12. The minimum atomic E-state index is -1.30. The summed E-state index contributed by atoms with van der Waals surface area (Å²) >= 11 is 0. The van der Waals surface area contributed by atoms with Gasteiger partial charge in [0.2, 0.25) is 5.78 Å². The number of ether oxygens (including phenoxy) is 2. The first-order chi connectivity index (χ1) is 12.1. The summed E-state index contributed by atoms with van der Waals surface area (Å²) in [6.07, 6.45) is -1.13. The van der Waals surface area contributed by atoms with Gasteiger partial charge in [-0.1, -0.05) is 36.4 Å². The molecule has 2 rings (SSSR count). The van der Waals surface area contributed by atoms with Crippen molar-refractivity contribution >= 4 is 24.0 Å². The third-order valence-corrected chi connectivity index (χ3v) is 3.28. The molecule has 0 spiro atoms. The second-order valence-electron chi connectivity index (χ2n) is 5.07. The van der Waals surface area contributed by atoms with Gasteiger partial charge in [0.1, 0.15) is 6.29 Å². The number of hydrogen-bond acceptors (Lipinski definition) is 6. The maximum atomic E-state index is 12.1. The van der Waals surface area contributed by atoms with Gasteiger partial charge in [-0.2, -0.15) is 0 Å². The van der Waals surface area contributed by atoms with Crippen LogP contribution in [0, 0.1) is 0 Å². The molecule has 25 heavy (non-hydrogen) atoms. The van der Waals surface area contributed by atoms with E-state index in [-0.39, 0.29) is 12.0 Å². The minimum absolute atomic E-state index is 0.257. The molecule has 0 radical (unpaired) electrons. The first kappa shape index (κ1) is 18.1. The number of carbonyl (C=O) groups is 4. The SMILES string of the molecule is O=CCC(OC(=O)c1ccccc1)C(=O)COC(=O)c1ccccc1. The molecular formula is C19H16O6. The van der Waals surface area contributed by atoms with Crippen LogP contribution in [0.2, 0.25) is 0 Å². The fraction of sp³-hybridized carbons (Fsp3) is 0.158. The Morgan fingerprint density at radius 3 is 1.88 bits per heavy atom. The highest BCUT2D eigenvalue weighted by molar-refractivity contribution is 5.95. The van der Waals surface area contributed by atoms with E-state index in [0.717, 1.165) is 0 Å². The van der Waals surface area contributed by atoms with Gasteiger partial charge in [0.15, 0.2) is 12.7 Å². The number of benzene rings is 2. The van der Waals surface area contributed by atoms with E-state index in [1.54, 1.807) is 48.5 Å². The molecule has 6 heteroatoms. The molecule has 0 N–H and O–H groups in total. The van der Waals surface area contributed by atoms with Gasteiger partial charge in [-0.25, -0.2) is 9.59 Å². The van der Waals surface area contributed by atoms with E-state index in [2.05, 4.69) is 0 Å². The van der Waals surface area contributed by atoms with E-state index in [9.17, 15) is 19.2 Å². The van der Waals surface area contributed by atoms with Crippen LogP contribution >= 0.6 is 0 Å². The molecule has 1 unspecified atom stereocenters. The van der Waals surface area contributed by atoms with Crippen LogP contribution in [-0.4, -0.2) is 36.7 Å². The first-order valence-electron chi connectivity index (χ1n) is 7.56. The Bertz CT molecular complexity index is 739. The van der Waals surface area contributed by atoms with E-state index in [1.165, 1.54) is 12.1 Å². The van der Waals surface area contributed by atoms with Crippen LogP contribution < -0.4 is 0 Å². The lowest BCUT2D eigenvalue weighted by atomic mass is 10.1. The van der Waals surface area contributed by atoms with E-state index < -0.39 is 30.4 Å². The number of aldehydes is 1. The van der Waals surface area contributed by atoms with Gasteiger partial charge in [0.25, 0.3) is 0 Å². The van der Waals surface area contributed by atoms with Crippen LogP contribution in [0.15, 0.2) is 60.7 Å². The summed E-state index contributed by atoms with van der Waals surface area (Å²) in [5.74, 6) is -2.07. The van der Waals surface area contributed by atoms with Gasteiger partial charge in [0.05, 0.1) is 11.1 Å². The number of Topliss-reactive ketones (excluding diaryl/α,β-unsaturated/α-hetero) is 1. The molecule has 0 aromatic heterocycles. The van der Waals surface area contributed by atoms with Crippen molar-refractivity contribution in [3.05, 3.63) is 71.8 Å². The number of esters is 2. The van der Waals surface area contributed by atoms with Crippen LogP contribution in [0.3, 0.4) is 0 Å². The molecule has 6 nitrogen and oxygen atoms in total. The van der Waals surface area contributed by atoms with Crippen LogP contribution in [-0.2, 0) is 19.1 Å². The average molecular weight is 340 g/mol. The zero-order valence-corrected chi connectivity index (χ0v) is 13.3. The largest absolute Gasteiger partial charge is 0.454 e. The molecule has 2 aromatic carbocycles. The molecule has 0 amide bonds. The smallest absolute Gasteiger partial charge is 0.338 e. The predicted octanol–water partition coefficient (Wildman–Crippen LogP) is 2.23. The minimum Gasteiger partial charge on any atom is -0.454 e. The van der Waals surface area contributed by atoms with Gasteiger partial charge in [0, 0.05) is 6.42 Å². The molecule has 2 aromatic rings. The van der Waals surface area contributed by atoms with Crippen molar-refractivity contribution in [1.82, 2.24) is 0 Å². The van der Waals surface area contributed by atoms with Crippen molar-refractivity contribution < 1.29 is 28.7 Å². The zero-order chi connectivity index (χ0) is 18.1. The molecule has 0 heterocycles. The van der Waals surface area contributed by atoms with Gasteiger partial charge >= 0.3 is 11.9 Å². The molecule has 0 aliphatic carbocycles. The fourth-order valence-corrected chi connectivity index (χ4v) is 1.99. The quantitative estimate of drug-likeness (QED) is 0.541. The lowest BCUT2D eigenvalue weighted by Crippen LogP contribution is -2.31. The fourth-order valence-electron chi connectivity index (χ4n) is 1.99. The number of ketones is 1. The van der Waals surface area contributed by atoms with Gasteiger partial charge in [-0.05, 0) is 24.3 Å². The van der Waals surface area contributed by atoms with Crippen molar-refractivity contribution in [2.75, 3.05) is 6.61 Å². The van der Waals surface area contributed by atoms with Crippen LogP contribution in [0.1, 0.15) is 27.1 Å². The molecule has 0 saturated carbocycles. The highest BCUT2D eigenvalue weighted by Gasteiger charge is 2.24. The highest BCUT2D eigenvalue weighted by atomic mass is 16.6. The third-order valence-electron chi connectivity index (χ3n) is 3.28. The predicted molar refractivity (Wildman–Crippen MR) is 88.1 cm³/mol. The molecular weight excluding hydrogens is 324 g/mol. The third kappa shape index (κ3) is 5.39. The van der Waals surface area contributed by atoms with Crippen LogP contribution in [0.5, 0.6) is 0 Å². The van der Waals surface area contributed by atoms with Gasteiger partial charge < -0.3 is 14.3 Å². The van der Waals surface area contributed by atoms with Gasteiger partial charge in [-0.3, -0.25) is 4.79 Å². The second-order valence-corrected chi connectivity index (χ2v) is 5.07. The summed E-state index contributed by atoms with van der Waals surface area (Å²) in [5, 5.41) is 0. The Morgan fingerprint density at radius 1 is 0.840 bits per heavy atom. The normalized spacial score (nSPS) is 11.2. The lowest BCUT2D eigenvalue weighted by molar-refractivity contribution is -0.132. The number of rotatable bonds is 8. The Balaban J connectivity index is 1.94. The van der Waals surface area contributed by atoms with Gasteiger partial charge in [-0.15, -0.1) is 0 Å². The van der Waals surface area contributed by atoms with E-state index >= 15 is 0 Å². The average Bonchev–Trinajstić information content (AvgIpc) is 2.66. The Labute approximate surface area is 144 Å². The van der Waals surface area contributed by atoms with E-state index in [4.69, 9.17) is 9.47 Å². The molecule has 0 aliphatic heterocycles. The first-order valence-corrected chi connectivity index (χ1v) is 7.56. The summed E-state index contributed by atoms with van der Waals surface area (Å²) < 4.78 is 9.97. The van der Waals surface area contributed by atoms with Crippen molar-refractivity contribution in [2.45, 2.75) is 12.5 Å². The van der Waals surface area contributed by atoms with Crippen molar-refractivity contribution in [1.29, 1.82) is 0 Å². The molecule has 0 bridgehead atoms. The standard InChI is InChI=1S/C19H16O6/c20-12-11-17(25-19(23)15-9-5-2-6-10-15)16(21)13-24-18(22)14-7-3-1-4-8-14/h1-10,12,17H,11,13H2. The lowest BCUT2D eigenvalue weighted by Gasteiger charge is -2.14. The van der Waals surface area contributed by atoms with E-state index in [0.29, 0.717) is 11.8 Å². The number of hydrogen-bond donors (Lipinski definition) is 0. The highest BCUT2D eigenvalue weighted by Crippen LogP contribution is 2.08. The van der Waals surface area contributed by atoms with E-state index in [1.807, 2.05) is 0 Å². The molecule has 1 atom stereocenters. The zero-order valence-electron chi connectivity index (χ0n) is 13.3. The van der Waals surface area contributed by atoms with Crippen molar-refractivity contribution in [3.63, 3.8) is 0 Å². The molecule has 128 valence electrons. The Morgan fingerprint density at radius 2 is 1.36 bits per heavy atom. The topological polar surface area (TPSA) is 86.7 Å². The monoisotopic (exact) mass is 340 g/mol. The maximum Gasteiger partial charge on any atom is 0.338 e. The van der Waals surface area contributed by atoms with Crippen molar-refractivity contribution in [2.24, 2.45) is 0 Å². The van der Waals surface area contributed by atoms with Crippen LogP contribution in [0.25, 0.3) is 0 Å². The summed E-state index contributed by atoms with van der Waals surface area (Å²) in [6.45, 7) is -0.589. The summed E-state index contributed by atoms with van der Waals surface area (Å²) in [6, 6.07) is 16.2. The molecule has 0 aliphatic rings. The summed E-state index contributed by atoms with van der Waals surface area (Å²) in [7, 11) is 0. The Kier molecular flexibility index (Phi) is 6.59. The molecule has 0 saturated heterocycles. The summed E-state index contributed by atoms with van der Waals surface area (Å²) in [4.78, 5) is 46.7. The summed E-state index contributed by atoms with van der Waals surface area (Å²) in [5.41, 5.74) is 0.552. The molecule has 0 fully saturated rings. The van der Waals surface area contributed by atoms with Crippen LogP contribution in [0.4, 0.5) is 0 Å². The van der Waals surface area contributed by atoms with Crippen molar-refractivity contribution in [3.8, 4) is 0 Å². The maximum absolute atomic E-state index is 12.1.